The zero-order valence-corrected chi connectivity index (χ0v) is 23.5. The Bertz CT molecular complexity index is 1460. The van der Waals surface area contributed by atoms with Crippen molar-refractivity contribution in [2.24, 2.45) is 0 Å². The molecule has 1 aliphatic rings. The van der Waals surface area contributed by atoms with Gasteiger partial charge in [-0.2, -0.15) is 0 Å². The smallest absolute Gasteiger partial charge is 0.434 e. The lowest BCUT2D eigenvalue weighted by Gasteiger charge is -2.29. The molecule has 40 heavy (non-hydrogen) atoms. The van der Waals surface area contributed by atoms with E-state index in [1.807, 2.05) is 40.7 Å². The van der Waals surface area contributed by atoms with Crippen LogP contribution in [0.5, 0.6) is 5.75 Å². The highest BCUT2D eigenvalue weighted by Crippen LogP contribution is 2.41. The van der Waals surface area contributed by atoms with E-state index in [0.717, 1.165) is 10.9 Å². The van der Waals surface area contributed by atoms with E-state index in [0.29, 0.717) is 23.5 Å². The second kappa shape index (κ2) is 11.4. The van der Waals surface area contributed by atoms with E-state index in [4.69, 9.17) is 14.2 Å². The Labute approximate surface area is 232 Å². The van der Waals surface area contributed by atoms with Crippen LogP contribution in [0.25, 0.3) is 16.7 Å². The predicted molar refractivity (Wildman–Crippen MR) is 148 cm³/mol. The highest BCUT2D eigenvalue weighted by molar-refractivity contribution is 5.97. The van der Waals surface area contributed by atoms with Gasteiger partial charge in [0.25, 0.3) is 5.91 Å². The number of carbonyl (C=O) groups is 3. The molecule has 1 N–H and O–H groups in total. The number of rotatable bonds is 6. The number of amides is 2. The fourth-order valence-corrected chi connectivity index (χ4v) is 4.95. The van der Waals surface area contributed by atoms with Gasteiger partial charge in [0.2, 0.25) is 0 Å². The average Bonchev–Trinajstić information content (AvgIpc) is 3.23. The molecule has 2 aromatic carbocycles. The fraction of sp³-hybridized carbons (Fsp3) is 0.367. The van der Waals surface area contributed by atoms with Crippen LogP contribution in [0, 0.1) is 5.82 Å². The van der Waals surface area contributed by atoms with Crippen molar-refractivity contribution in [1.82, 2.24) is 14.8 Å². The van der Waals surface area contributed by atoms with Crippen LogP contribution in [-0.4, -0.2) is 58.7 Å². The highest BCUT2D eigenvalue weighted by Gasteiger charge is 2.37. The summed E-state index contributed by atoms with van der Waals surface area (Å²) in [6.07, 6.45) is 0.0792. The number of ether oxygens (including phenoxy) is 3. The van der Waals surface area contributed by atoms with Crippen molar-refractivity contribution in [1.29, 1.82) is 0 Å². The van der Waals surface area contributed by atoms with E-state index in [9.17, 15) is 18.8 Å². The van der Waals surface area contributed by atoms with E-state index in [2.05, 4.69) is 4.98 Å². The molecule has 212 valence electrons. The Morgan fingerprint density at radius 1 is 1.07 bits per heavy atom. The molecule has 2 heterocycles. The second-order valence-electron chi connectivity index (χ2n) is 10.4. The van der Waals surface area contributed by atoms with E-state index in [1.54, 1.807) is 24.0 Å². The summed E-state index contributed by atoms with van der Waals surface area (Å²) in [4.78, 5) is 44.9. The number of hydrogen-bond donors (Lipinski definition) is 1. The summed E-state index contributed by atoms with van der Waals surface area (Å²) in [6.45, 7) is 12.2. The molecule has 0 aliphatic carbocycles. The summed E-state index contributed by atoms with van der Waals surface area (Å²) in [7, 11) is 0. The van der Waals surface area contributed by atoms with Gasteiger partial charge in [0.1, 0.15) is 11.6 Å². The van der Waals surface area contributed by atoms with Crippen molar-refractivity contribution >= 4 is 34.8 Å². The molecule has 0 radical (unpaired) electrons. The Balaban J connectivity index is 1.79. The van der Waals surface area contributed by atoms with Crippen molar-refractivity contribution < 1.29 is 33.0 Å². The number of benzene rings is 2. The molecule has 0 fully saturated rings. The largest absolute Gasteiger partial charge is 0.513 e. The molecule has 10 heteroatoms. The van der Waals surface area contributed by atoms with Gasteiger partial charge in [-0.15, -0.1) is 0 Å². The van der Waals surface area contributed by atoms with Crippen LogP contribution in [0.1, 0.15) is 63.2 Å². The number of aromatic amines is 1. The van der Waals surface area contributed by atoms with Gasteiger partial charge in [0.05, 0.1) is 18.5 Å². The van der Waals surface area contributed by atoms with Crippen LogP contribution in [0.2, 0.25) is 0 Å². The molecular formula is C30H34FN3O6. The first-order chi connectivity index (χ1) is 18.9. The first kappa shape index (κ1) is 28.7. The lowest BCUT2D eigenvalue weighted by Crippen LogP contribution is -2.38. The maximum atomic E-state index is 13.5. The number of nitrogens with one attached hydrogen (secondary N) is 1. The molecule has 0 saturated heterocycles. The molecule has 9 nitrogen and oxygen atoms in total. The number of carbonyl (C=O) groups excluding carboxylic acids is 3. The van der Waals surface area contributed by atoms with Gasteiger partial charge < -0.3 is 29.0 Å². The van der Waals surface area contributed by atoms with Crippen LogP contribution in [0.3, 0.4) is 0 Å². The standard InChI is InChI=1S/C30H34FN3O6/c1-7-34(18(3)4)28(36)39-21-13-14-22-23(15-21)32-26-24(40-29(37)38-8-2)16-33(17-30(5,6)25(22)26)27(35)19-9-11-20(31)12-10-19/h9-16,18,32H,7-8,17H2,1-6H3. The minimum Gasteiger partial charge on any atom is -0.434 e. The van der Waals surface area contributed by atoms with Crippen LogP contribution in [-0.2, 0) is 14.9 Å². The molecule has 1 aromatic heterocycles. The summed E-state index contributed by atoms with van der Waals surface area (Å²) < 4.78 is 29.7. The van der Waals surface area contributed by atoms with Gasteiger partial charge >= 0.3 is 12.2 Å². The highest BCUT2D eigenvalue weighted by atomic mass is 19.1. The average molecular weight is 552 g/mol. The maximum absolute atomic E-state index is 13.5. The number of hydrogen-bond acceptors (Lipinski definition) is 6. The van der Waals surface area contributed by atoms with Gasteiger partial charge in [0, 0.05) is 47.1 Å². The van der Waals surface area contributed by atoms with E-state index >= 15 is 0 Å². The molecular weight excluding hydrogens is 517 g/mol. The predicted octanol–water partition coefficient (Wildman–Crippen LogP) is 6.44. The molecule has 1 aliphatic heterocycles. The molecule has 3 aromatic rings. The molecule has 0 bridgehead atoms. The second-order valence-corrected chi connectivity index (χ2v) is 10.4. The number of aromatic nitrogens is 1. The molecule has 4 rings (SSSR count). The van der Waals surface area contributed by atoms with Crippen LogP contribution in [0.15, 0.2) is 48.7 Å². The quantitative estimate of drug-likeness (QED) is 0.354. The minimum atomic E-state index is -0.921. The van der Waals surface area contributed by atoms with Crippen molar-refractivity contribution in [3.8, 4) is 5.75 Å². The minimum absolute atomic E-state index is 0.0168. The van der Waals surface area contributed by atoms with E-state index in [-0.39, 0.29) is 36.4 Å². The SMILES string of the molecule is CCOC(=O)OC1=CN(C(=O)c2ccc(F)cc2)CC(C)(C)c2c1[nH]c1cc(OC(=O)N(CC)C(C)C)ccc21. The Kier molecular flexibility index (Phi) is 8.18. The Hall–Kier alpha value is -4.34. The zero-order chi connectivity index (χ0) is 29.2. The van der Waals surface area contributed by atoms with Crippen LogP contribution in [0.4, 0.5) is 14.0 Å². The van der Waals surface area contributed by atoms with Gasteiger partial charge in [-0.1, -0.05) is 13.8 Å². The summed E-state index contributed by atoms with van der Waals surface area (Å²) in [5.74, 6) is -0.392. The van der Waals surface area contributed by atoms with Crippen LogP contribution >= 0.6 is 0 Å². The van der Waals surface area contributed by atoms with Gasteiger partial charge in [0.15, 0.2) is 5.76 Å². The van der Waals surface area contributed by atoms with Gasteiger partial charge in [-0.3, -0.25) is 4.79 Å². The lowest BCUT2D eigenvalue weighted by molar-refractivity contribution is 0.0788. The number of nitrogens with zero attached hydrogens (tertiary/aromatic N) is 2. The third-order valence-corrected chi connectivity index (χ3v) is 6.74. The summed E-state index contributed by atoms with van der Waals surface area (Å²) in [5.41, 5.74) is 1.61. The number of halogens is 1. The maximum Gasteiger partial charge on any atom is 0.513 e. The van der Waals surface area contributed by atoms with Crippen LogP contribution < -0.4 is 4.74 Å². The third kappa shape index (κ3) is 5.80. The van der Waals surface area contributed by atoms with Crippen molar-refractivity contribution in [3.63, 3.8) is 0 Å². The number of fused-ring (bicyclic) bond motifs is 3. The van der Waals surface area contributed by atoms with E-state index in [1.165, 1.54) is 35.4 Å². The third-order valence-electron chi connectivity index (χ3n) is 6.74. The molecule has 0 saturated carbocycles. The lowest BCUT2D eigenvalue weighted by atomic mass is 9.82. The summed E-state index contributed by atoms with van der Waals surface area (Å²) in [5, 5.41) is 0.811. The Morgan fingerprint density at radius 2 is 1.77 bits per heavy atom. The first-order valence-electron chi connectivity index (χ1n) is 13.2. The van der Waals surface area contributed by atoms with Crippen molar-refractivity contribution in [3.05, 3.63) is 71.3 Å². The summed E-state index contributed by atoms with van der Waals surface area (Å²) in [6, 6.07) is 10.5. The number of H-pyrrole nitrogens is 1. The fourth-order valence-electron chi connectivity index (χ4n) is 4.95. The van der Waals surface area contributed by atoms with Gasteiger partial charge in [-0.25, -0.2) is 14.0 Å². The first-order valence-corrected chi connectivity index (χ1v) is 13.2. The van der Waals surface area contributed by atoms with Gasteiger partial charge in [-0.05, 0) is 69.7 Å². The molecule has 0 atom stereocenters. The Morgan fingerprint density at radius 3 is 2.40 bits per heavy atom. The molecule has 0 unspecified atom stereocenters. The monoisotopic (exact) mass is 551 g/mol. The van der Waals surface area contributed by atoms with Crippen molar-refractivity contribution in [2.45, 2.75) is 53.0 Å². The zero-order valence-electron chi connectivity index (χ0n) is 23.5. The summed E-state index contributed by atoms with van der Waals surface area (Å²) >= 11 is 0. The van der Waals surface area contributed by atoms with E-state index < -0.39 is 23.5 Å². The normalized spacial score (nSPS) is 14.3. The van der Waals surface area contributed by atoms with Crippen molar-refractivity contribution in [2.75, 3.05) is 19.7 Å². The molecule has 0 spiro atoms. The molecule has 2 amide bonds. The topological polar surface area (TPSA) is 101 Å².